The number of hydrogen-bond donors (Lipinski definition) is 0. The first kappa shape index (κ1) is 39.5. The second-order valence-corrected chi connectivity index (χ2v) is 12.4. The van der Waals surface area contributed by atoms with Gasteiger partial charge in [0.2, 0.25) is 0 Å². The monoisotopic (exact) mass is 678 g/mol. The molecule has 43 heavy (non-hydrogen) atoms. The molecule has 2 aromatic rings. The molecule has 0 unspecified atom stereocenters. The summed E-state index contributed by atoms with van der Waals surface area (Å²) in [6.45, 7) is 9.13. The summed E-state index contributed by atoms with van der Waals surface area (Å²) in [5.41, 5.74) is 7.41. The summed E-state index contributed by atoms with van der Waals surface area (Å²) in [5.74, 6) is 0. The maximum absolute atomic E-state index is 5.28. The topological polar surface area (TPSA) is 24.7 Å². The third kappa shape index (κ3) is 18.8. The number of benzene rings is 2. The Morgan fingerprint density at radius 3 is 1.16 bits per heavy atom. The van der Waals surface area contributed by atoms with Crippen LogP contribution in [-0.2, 0) is 33.3 Å². The van der Waals surface area contributed by atoms with Gasteiger partial charge in [0.15, 0.2) is 0 Å². The van der Waals surface area contributed by atoms with Gasteiger partial charge >= 0.3 is 0 Å². The average Bonchev–Trinajstić information content (AvgIpc) is 3.01. The predicted octanol–water partition coefficient (Wildman–Crippen LogP) is 13.5. The van der Waals surface area contributed by atoms with Crippen molar-refractivity contribution >= 4 is 22.8 Å². The Kier molecular flexibility index (Phi) is 24.6. The van der Waals surface area contributed by atoms with Crippen LogP contribution in [-0.4, -0.2) is 11.4 Å². The van der Waals surface area contributed by atoms with Gasteiger partial charge in [-0.05, 0) is 86.8 Å². The Balaban J connectivity index is 0.00000924. The Morgan fingerprint density at radius 1 is 0.442 bits per heavy atom. The van der Waals surface area contributed by atoms with E-state index in [1.165, 1.54) is 125 Å². The van der Waals surface area contributed by atoms with Gasteiger partial charge in [0, 0.05) is 20.4 Å². The van der Waals surface area contributed by atoms with Crippen LogP contribution in [0.5, 0.6) is 0 Å². The van der Waals surface area contributed by atoms with Crippen LogP contribution in [0.15, 0.2) is 58.5 Å². The van der Waals surface area contributed by atoms with Crippen molar-refractivity contribution in [3.8, 4) is 0 Å². The molecule has 0 bridgehead atoms. The van der Waals surface area contributed by atoms with Gasteiger partial charge in [0.1, 0.15) is 0 Å². The van der Waals surface area contributed by atoms with E-state index in [4.69, 9.17) is 9.98 Å². The molecule has 0 saturated heterocycles. The first-order valence-corrected chi connectivity index (χ1v) is 18.0. The van der Waals surface area contributed by atoms with Gasteiger partial charge in [-0.1, -0.05) is 142 Å². The van der Waals surface area contributed by atoms with Gasteiger partial charge in [-0.25, -0.2) is 0 Å². The van der Waals surface area contributed by atoms with Gasteiger partial charge in [-0.3, -0.25) is 9.98 Å². The fourth-order valence-electron chi connectivity index (χ4n) is 5.67. The van der Waals surface area contributed by atoms with Gasteiger partial charge in [-0.2, -0.15) is 0 Å². The van der Waals surface area contributed by atoms with Crippen LogP contribution in [0.3, 0.4) is 0 Å². The summed E-state index contributed by atoms with van der Waals surface area (Å²) in [6.07, 6.45) is 27.9. The molecule has 0 N–H and O–H groups in total. The first-order valence-electron chi connectivity index (χ1n) is 18.0. The van der Waals surface area contributed by atoms with Crippen LogP contribution in [0.25, 0.3) is 0 Å². The molecule has 0 aliphatic heterocycles. The van der Waals surface area contributed by atoms with Crippen LogP contribution in [0, 0.1) is 0 Å². The van der Waals surface area contributed by atoms with E-state index >= 15 is 0 Å². The van der Waals surface area contributed by atoms with E-state index in [1.807, 2.05) is 0 Å². The normalized spacial score (nSPS) is 12.0. The molecule has 0 spiro atoms. The Labute approximate surface area is 280 Å². The van der Waals surface area contributed by atoms with Gasteiger partial charge in [-0.15, -0.1) is 0 Å². The molecule has 0 aliphatic carbocycles. The molecule has 0 aromatic heterocycles. The molecular formula is C40H64N2Pd. The molecule has 3 heteroatoms. The van der Waals surface area contributed by atoms with E-state index in [0.29, 0.717) is 0 Å². The van der Waals surface area contributed by atoms with Gasteiger partial charge in [0.05, 0.1) is 22.8 Å². The number of rotatable bonds is 25. The minimum Gasteiger partial charge on any atom is -0.252 e. The van der Waals surface area contributed by atoms with Crippen LogP contribution >= 0.6 is 0 Å². The molecule has 244 valence electrons. The van der Waals surface area contributed by atoms with Crippen LogP contribution in [0.1, 0.15) is 167 Å². The van der Waals surface area contributed by atoms with Crippen LogP contribution in [0.2, 0.25) is 0 Å². The molecule has 2 rings (SSSR count). The van der Waals surface area contributed by atoms with E-state index < -0.39 is 0 Å². The fraction of sp³-hybridized carbons (Fsp3) is 0.650. The molecule has 2 nitrogen and oxygen atoms in total. The molecule has 0 radical (unpaired) electrons. The van der Waals surface area contributed by atoms with E-state index in [9.17, 15) is 0 Å². The largest absolute Gasteiger partial charge is 0.252 e. The van der Waals surface area contributed by atoms with Crippen molar-refractivity contribution in [1.29, 1.82) is 0 Å². The molecule has 0 heterocycles. The Bertz CT molecular complexity index is 928. The van der Waals surface area contributed by atoms with Crippen molar-refractivity contribution in [3.05, 3.63) is 59.7 Å². The maximum Gasteiger partial charge on any atom is 0.0636 e. The maximum atomic E-state index is 5.28. The first-order chi connectivity index (χ1) is 20.7. The number of aryl methyl sites for hydroxylation is 2. The zero-order chi connectivity index (χ0) is 30.1. The third-order valence-corrected chi connectivity index (χ3v) is 8.35. The van der Waals surface area contributed by atoms with Crippen molar-refractivity contribution in [2.75, 3.05) is 0 Å². The zero-order valence-corrected chi connectivity index (χ0v) is 29.9. The number of unbranched alkanes of at least 4 members (excludes halogenated alkanes) is 14. The number of aliphatic imine (C=N–C) groups is 2. The van der Waals surface area contributed by atoms with Crippen molar-refractivity contribution < 1.29 is 20.4 Å². The molecular weight excluding hydrogens is 615 g/mol. The molecule has 0 fully saturated rings. The zero-order valence-electron chi connectivity index (χ0n) is 28.4. The van der Waals surface area contributed by atoms with Crippen LogP contribution < -0.4 is 0 Å². The molecule has 2 aromatic carbocycles. The summed E-state index contributed by atoms with van der Waals surface area (Å²) < 4.78 is 0. The number of hydrogen-bond acceptors (Lipinski definition) is 2. The Morgan fingerprint density at radius 2 is 0.791 bits per heavy atom. The van der Waals surface area contributed by atoms with Gasteiger partial charge < -0.3 is 0 Å². The van der Waals surface area contributed by atoms with Crippen LogP contribution in [0.4, 0.5) is 11.4 Å². The smallest absolute Gasteiger partial charge is 0.0636 e. The molecule has 0 saturated carbocycles. The van der Waals surface area contributed by atoms with E-state index in [-0.39, 0.29) is 20.4 Å². The summed E-state index contributed by atoms with van der Waals surface area (Å²) in [5, 5.41) is 0. The van der Waals surface area contributed by atoms with Gasteiger partial charge in [0.25, 0.3) is 0 Å². The summed E-state index contributed by atoms with van der Waals surface area (Å²) in [6, 6.07) is 18.0. The quantitative estimate of drug-likeness (QED) is 0.0567. The average molecular weight is 679 g/mol. The van der Waals surface area contributed by atoms with E-state index in [2.05, 4.69) is 76.2 Å². The second kappa shape index (κ2) is 26.8. The minimum absolute atomic E-state index is 0. The van der Waals surface area contributed by atoms with Crippen molar-refractivity contribution in [3.63, 3.8) is 0 Å². The van der Waals surface area contributed by atoms with E-state index in [1.54, 1.807) is 0 Å². The van der Waals surface area contributed by atoms with Crippen molar-refractivity contribution in [1.82, 2.24) is 0 Å². The third-order valence-electron chi connectivity index (χ3n) is 8.35. The standard InChI is InChI=1S/C40H64N2.Pd/c1-5-9-13-15-17-19-21-25-35-27-23-29-37(33-35)41-39(31-11-7-3)40(32-12-8-4)42-38-30-24-28-36(34-38)26-22-20-18-16-14-10-6-2;/h23-24,27-30,33-34H,5-22,25-26,31-32H2,1-4H3;. The van der Waals surface area contributed by atoms with E-state index in [0.717, 1.165) is 49.9 Å². The summed E-state index contributed by atoms with van der Waals surface area (Å²) in [4.78, 5) is 10.6. The molecule has 0 amide bonds. The Hall–Kier alpha value is -1.56. The summed E-state index contributed by atoms with van der Waals surface area (Å²) in [7, 11) is 0. The molecule has 0 aliphatic rings. The second-order valence-electron chi connectivity index (χ2n) is 12.4. The summed E-state index contributed by atoms with van der Waals surface area (Å²) >= 11 is 0. The van der Waals surface area contributed by atoms with Crippen molar-refractivity contribution in [2.45, 2.75) is 169 Å². The number of nitrogens with zero attached hydrogens (tertiary/aromatic N) is 2. The van der Waals surface area contributed by atoms with Crippen molar-refractivity contribution in [2.24, 2.45) is 9.98 Å². The SMILES string of the molecule is CCCCCCCCCc1cccc(N=C(CCCC)C(CCCC)=Nc2cccc(CCCCCCCCC)c2)c1.[Pd]. The molecule has 0 atom stereocenters. The predicted molar refractivity (Wildman–Crippen MR) is 190 cm³/mol. The fourth-order valence-corrected chi connectivity index (χ4v) is 5.67. The minimum atomic E-state index is 0.